The highest BCUT2D eigenvalue weighted by Gasteiger charge is 2.12. The van der Waals surface area contributed by atoms with Crippen LogP contribution in [0.5, 0.6) is 5.75 Å². The Morgan fingerprint density at radius 3 is 2.71 bits per heavy atom. The average Bonchev–Trinajstić information content (AvgIpc) is 2.86. The lowest BCUT2D eigenvalue weighted by molar-refractivity contribution is 0.341. The zero-order valence-electron chi connectivity index (χ0n) is 11.5. The highest BCUT2D eigenvalue weighted by molar-refractivity contribution is 6.36. The minimum atomic E-state index is 0.529. The van der Waals surface area contributed by atoms with E-state index in [-0.39, 0.29) is 0 Å². The van der Waals surface area contributed by atoms with Crippen LogP contribution in [0.15, 0.2) is 42.5 Å². The molecule has 4 rings (SSSR count). The summed E-state index contributed by atoms with van der Waals surface area (Å²) in [7, 11) is 0. The van der Waals surface area contributed by atoms with E-state index >= 15 is 0 Å². The summed E-state index contributed by atoms with van der Waals surface area (Å²) in [6.45, 7) is 2.62. The van der Waals surface area contributed by atoms with Gasteiger partial charge in [-0.1, -0.05) is 35.9 Å². The second-order valence-electron chi connectivity index (χ2n) is 4.94. The van der Waals surface area contributed by atoms with Crippen molar-refractivity contribution in [2.45, 2.75) is 6.92 Å². The van der Waals surface area contributed by atoms with Gasteiger partial charge in [0.05, 0.1) is 17.6 Å². The maximum Gasteiger partial charge on any atom is 0.137 e. The van der Waals surface area contributed by atoms with E-state index in [9.17, 15) is 0 Å². The van der Waals surface area contributed by atoms with Gasteiger partial charge in [0.25, 0.3) is 0 Å². The van der Waals surface area contributed by atoms with E-state index in [0.29, 0.717) is 11.8 Å². The van der Waals surface area contributed by atoms with E-state index in [1.807, 2.05) is 43.3 Å². The number of aromatic amines is 1. The fraction of sp³-hybridized carbons (Fsp3) is 0.118. The number of H-pyrrole nitrogens is 1. The van der Waals surface area contributed by atoms with Gasteiger partial charge in [0.2, 0.25) is 0 Å². The van der Waals surface area contributed by atoms with Crippen LogP contribution in [0.4, 0.5) is 0 Å². The molecule has 0 atom stereocenters. The molecule has 0 saturated carbocycles. The number of halogens is 1. The Balaban J connectivity index is 2.15. The Kier molecular flexibility index (Phi) is 2.76. The molecular weight excluding hydrogens is 284 g/mol. The second kappa shape index (κ2) is 4.64. The number of hydrogen-bond acceptors (Lipinski definition) is 2. The summed E-state index contributed by atoms with van der Waals surface area (Å²) in [6.07, 6.45) is 0. The molecule has 4 aromatic rings. The molecule has 2 heterocycles. The van der Waals surface area contributed by atoms with Gasteiger partial charge in [-0.15, -0.1) is 0 Å². The Hall–Kier alpha value is -2.26. The van der Waals surface area contributed by atoms with Crippen molar-refractivity contribution < 1.29 is 4.74 Å². The summed E-state index contributed by atoms with van der Waals surface area (Å²) in [5, 5.41) is 3.61. The van der Waals surface area contributed by atoms with Crippen molar-refractivity contribution in [2.24, 2.45) is 0 Å². The number of ether oxygens (including phenoxy) is 1. The fourth-order valence-electron chi connectivity index (χ4n) is 2.76. The van der Waals surface area contributed by atoms with Gasteiger partial charge in [0.1, 0.15) is 10.9 Å². The van der Waals surface area contributed by atoms with Gasteiger partial charge in [-0.25, -0.2) is 4.98 Å². The third-order valence-corrected chi connectivity index (χ3v) is 3.97. The topological polar surface area (TPSA) is 37.9 Å². The summed E-state index contributed by atoms with van der Waals surface area (Å²) >= 11 is 6.34. The summed E-state index contributed by atoms with van der Waals surface area (Å²) < 4.78 is 5.58. The van der Waals surface area contributed by atoms with E-state index in [1.165, 1.54) is 0 Å². The molecule has 0 aliphatic heterocycles. The normalized spacial score (nSPS) is 11.5. The van der Waals surface area contributed by atoms with Crippen LogP contribution in [0, 0.1) is 0 Å². The molecule has 0 aliphatic carbocycles. The van der Waals surface area contributed by atoms with Crippen molar-refractivity contribution >= 4 is 44.3 Å². The van der Waals surface area contributed by atoms with Crippen LogP contribution in [-0.2, 0) is 0 Å². The molecule has 0 unspecified atom stereocenters. The molecule has 0 amide bonds. The Labute approximate surface area is 126 Å². The lowest BCUT2D eigenvalue weighted by Crippen LogP contribution is -1.90. The predicted octanol–water partition coefficient (Wildman–Crippen LogP) is 4.92. The largest absolute Gasteiger partial charge is 0.494 e. The smallest absolute Gasteiger partial charge is 0.137 e. The van der Waals surface area contributed by atoms with E-state index in [2.05, 4.69) is 16.0 Å². The van der Waals surface area contributed by atoms with Crippen molar-refractivity contribution in [3.8, 4) is 5.75 Å². The molecule has 21 heavy (non-hydrogen) atoms. The van der Waals surface area contributed by atoms with E-state index in [1.54, 1.807) is 0 Å². The first-order valence-electron chi connectivity index (χ1n) is 6.90. The van der Waals surface area contributed by atoms with Crippen LogP contribution in [0.25, 0.3) is 32.7 Å². The third-order valence-electron chi connectivity index (χ3n) is 3.68. The maximum absolute atomic E-state index is 6.34. The van der Waals surface area contributed by atoms with Gasteiger partial charge in [-0.2, -0.15) is 0 Å². The van der Waals surface area contributed by atoms with Crippen LogP contribution < -0.4 is 4.74 Å². The molecule has 2 aromatic heterocycles. The van der Waals surface area contributed by atoms with E-state index in [4.69, 9.17) is 16.3 Å². The SMILES string of the molecule is CCOc1ccc2[nH]c3c4ccccc4c(Cl)nc3c2c1. The van der Waals surface area contributed by atoms with Gasteiger partial charge >= 0.3 is 0 Å². The molecular formula is C17H13ClN2O. The summed E-state index contributed by atoms with van der Waals surface area (Å²) in [4.78, 5) is 8.01. The Bertz CT molecular complexity index is 975. The molecule has 0 aliphatic rings. The quantitative estimate of drug-likeness (QED) is 0.533. The Morgan fingerprint density at radius 1 is 1.10 bits per heavy atom. The number of aromatic nitrogens is 2. The van der Waals surface area contributed by atoms with Crippen molar-refractivity contribution in [2.75, 3.05) is 6.61 Å². The second-order valence-corrected chi connectivity index (χ2v) is 5.30. The number of nitrogens with zero attached hydrogens (tertiary/aromatic N) is 1. The van der Waals surface area contributed by atoms with Crippen molar-refractivity contribution in [3.05, 3.63) is 47.6 Å². The third kappa shape index (κ3) is 1.85. The standard InChI is InChI=1S/C17H13ClN2O/c1-2-21-10-7-8-14-13(9-10)16-15(19-14)11-5-3-4-6-12(11)17(18)20-16/h3-9,19H,2H2,1H3. The summed E-state index contributed by atoms with van der Waals surface area (Å²) in [6, 6.07) is 14.0. The van der Waals surface area contributed by atoms with Gasteiger partial charge in [0, 0.05) is 21.7 Å². The van der Waals surface area contributed by atoms with Crippen molar-refractivity contribution in [1.82, 2.24) is 9.97 Å². The lowest BCUT2D eigenvalue weighted by atomic mass is 10.1. The molecule has 3 nitrogen and oxygen atoms in total. The van der Waals surface area contributed by atoms with Crippen molar-refractivity contribution in [3.63, 3.8) is 0 Å². The zero-order valence-corrected chi connectivity index (χ0v) is 12.2. The fourth-order valence-corrected chi connectivity index (χ4v) is 3.01. The van der Waals surface area contributed by atoms with Crippen LogP contribution in [0.1, 0.15) is 6.92 Å². The minimum Gasteiger partial charge on any atom is -0.494 e. The number of benzene rings is 2. The number of rotatable bonds is 2. The summed E-state index contributed by atoms with van der Waals surface area (Å²) in [5.41, 5.74) is 2.93. The average molecular weight is 297 g/mol. The van der Waals surface area contributed by atoms with Crippen LogP contribution in [0.2, 0.25) is 5.15 Å². The van der Waals surface area contributed by atoms with Gasteiger partial charge in [-0.3, -0.25) is 0 Å². The molecule has 0 fully saturated rings. The number of fused-ring (bicyclic) bond motifs is 5. The monoisotopic (exact) mass is 296 g/mol. The highest BCUT2D eigenvalue weighted by atomic mass is 35.5. The number of hydrogen-bond donors (Lipinski definition) is 1. The van der Waals surface area contributed by atoms with Crippen LogP contribution in [-0.4, -0.2) is 16.6 Å². The molecule has 0 spiro atoms. The molecule has 104 valence electrons. The van der Waals surface area contributed by atoms with E-state index < -0.39 is 0 Å². The molecule has 4 heteroatoms. The molecule has 2 aromatic carbocycles. The van der Waals surface area contributed by atoms with Crippen LogP contribution in [0.3, 0.4) is 0 Å². The summed E-state index contributed by atoms with van der Waals surface area (Å²) in [5.74, 6) is 0.844. The maximum atomic E-state index is 6.34. The molecule has 0 bridgehead atoms. The lowest BCUT2D eigenvalue weighted by Gasteiger charge is -2.03. The van der Waals surface area contributed by atoms with Gasteiger partial charge < -0.3 is 9.72 Å². The van der Waals surface area contributed by atoms with Crippen molar-refractivity contribution in [1.29, 1.82) is 0 Å². The highest BCUT2D eigenvalue weighted by Crippen LogP contribution is 2.34. The molecule has 1 N–H and O–H groups in total. The van der Waals surface area contributed by atoms with E-state index in [0.717, 1.165) is 38.5 Å². The molecule has 0 saturated heterocycles. The zero-order chi connectivity index (χ0) is 14.4. The van der Waals surface area contributed by atoms with Gasteiger partial charge in [0.15, 0.2) is 0 Å². The first-order valence-corrected chi connectivity index (χ1v) is 7.28. The first-order chi connectivity index (χ1) is 10.3. The number of nitrogens with one attached hydrogen (secondary N) is 1. The predicted molar refractivity (Wildman–Crippen MR) is 87.3 cm³/mol. The Morgan fingerprint density at radius 2 is 1.90 bits per heavy atom. The number of pyridine rings is 1. The van der Waals surface area contributed by atoms with Crippen LogP contribution >= 0.6 is 11.6 Å². The molecule has 0 radical (unpaired) electrons. The first kappa shape index (κ1) is 12.5. The van der Waals surface area contributed by atoms with Gasteiger partial charge in [-0.05, 0) is 25.1 Å². The minimum absolute atomic E-state index is 0.529.